The van der Waals surface area contributed by atoms with Gasteiger partial charge >= 0.3 is 5.69 Å². The highest BCUT2D eigenvalue weighted by atomic mass is 35.5. The van der Waals surface area contributed by atoms with E-state index in [4.69, 9.17) is 11.6 Å². The van der Waals surface area contributed by atoms with Crippen LogP contribution in [0.25, 0.3) is 11.8 Å². The SMILES string of the molecule is CC(C)c1ccc(C=CC(=O)c2c(O)n(-c3ccc(Cl)cc3)c(=O)[nH]c2=O)cc1. The van der Waals surface area contributed by atoms with Crippen LogP contribution < -0.4 is 11.2 Å². The van der Waals surface area contributed by atoms with Gasteiger partial charge in [-0.25, -0.2) is 9.36 Å². The predicted octanol–water partition coefficient (Wildman–Crippen LogP) is 3.90. The molecular weight excluding hydrogens is 392 g/mol. The van der Waals surface area contributed by atoms with Crippen LogP contribution in [0.2, 0.25) is 5.02 Å². The van der Waals surface area contributed by atoms with Crippen LogP contribution in [-0.4, -0.2) is 20.4 Å². The number of hydrogen-bond acceptors (Lipinski definition) is 4. The van der Waals surface area contributed by atoms with Gasteiger partial charge in [0.05, 0.1) is 5.69 Å². The van der Waals surface area contributed by atoms with Gasteiger partial charge in [0.1, 0.15) is 5.56 Å². The van der Waals surface area contributed by atoms with Crippen LogP contribution >= 0.6 is 11.6 Å². The van der Waals surface area contributed by atoms with Gasteiger partial charge in [-0.1, -0.05) is 55.8 Å². The van der Waals surface area contributed by atoms with Crippen molar-refractivity contribution in [1.29, 1.82) is 0 Å². The van der Waals surface area contributed by atoms with E-state index in [0.717, 1.165) is 15.7 Å². The first-order chi connectivity index (χ1) is 13.8. The van der Waals surface area contributed by atoms with Crippen LogP contribution in [0.4, 0.5) is 0 Å². The molecule has 0 fully saturated rings. The Morgan fingerprint density at radius 1 is 1.07 bits per heavy atom. The molecule has 1 heterocycles. The molecule has 3 aromatic rings. The number of carbonyl (C=O) groups excluding carboxylic acids is 1. The molecule has 0 spiro atoms. The second kappa shape index (κ2) is 8.32. The number of halogens is 1. The van der Waals surface area contributed by atoms with E-state index in [-0.39, 0.29) is 5.69 Å². The van der Waals surface area contributed by atoms with E-state index in [9.17, 15) is 19.5 Å². The molecule has 1 aromatic heterocycles. The predicted molar refractivity (Wildman–Crippen MR) is 113 cm³/mol. The van der Waals surface area contributed by atoms with Crippen LogP contribution in [0.1, 0.15) is 41.3 Å². The van der Waals surface area contributed by atoms with Crippen LogP contribution in [0.15, 0.2) is 64.2 Å². The number of benzene rings is 2. The number of rotatable bonds is 5. The molecule has 6 nitrogen and oxygen atoms in total. The summed E-state index contributed by atoms with van der Waals surface area (Å²) in [6.45, 7) is 4.16. The van der Waals surface area contributed by atoms with Gasteiger partial charge in [-0.2, -0.15) is 0 Å². The molecule has 0 bridgehead atoms. The van der Waals surface area contributed by atoms with Crippen LogP contribution in [0, 0.1) is 0 Å². The van der Waals surface area contributed by atoms with Gasteiger partial charge in [0.15, 0.2) is 5.78 Å². The molecular formula is C22H19ClN2O4. The first kappa shape index (κ1) is 20.4. The second-order valence-corrected chi connectivity index (χ2v) is 7.23. The van der Waals surface area contributed by atoms with E-state index in [1.165, 1.54) is 30.3 Å². The van der Waals surface area contributed by atoms with Gasteiger partial charge in [0, 0.05) is 5.02 Å². The molecule has 7 heteroatoms. The average Bonchev–Trinajstić information content (AvgIpc) is 2.67. The number of ketones is 1. The summed E-state index contributed by atoms with van der Waals surface area (Å²) < 4.78 is 0.843. The maximum Gasteiger partial charge on any atom is 0.335 e. The Morgan fingerprint density at radius 2 is 1.69 bits per heavy atom. The van der Waals surface area contributed by atoms with Crippen molar-refractivity contribution in [3.63, 3.8) is 0 Å². The van der Waals surface area contributed by atoms with Gasteiger partial charge in [0.2, 0.25) is 5.88 Å². The smallest absolute Gasteiger partial charge is 0.335 e. The van der Waals surface area contributed by atoms with Crippen molar-refractivity contribution in [3.05, 3.63) is 97.2 Å². The highest BCUT2D eigenvalue weighted by molar-refractivity contribution is 6.30. The number of nitrogens with zero attached hydrogens (tertiary/aromatic N) is 1. The summed E-state index contributed by atoms with van der Waals surface area (Å²) in [4.78, 5) is 39.0. The van der Waals surface area contributed by atoms with Crippen molar-refractivity contribution in [2.75, 3.05) is 0 Å². The highest BCUT2D eigenvalue weighted by Gasteiger charge is 2.20. The number of allylic oxidation sites excluding steroid dienone is 1. The molecule has 2 N–H and O–H groups in total. The molecule has 0 saturated carbocycles. The van der Waals surface area contributed by atoms with E-state index in [0.29, 0.717) is 10.9 Å². The van der Waals surface area contributed by atoms with Crippen LogP contribution in [-0.2, 0) is 0 Å². The molecule has 0 unspecified atom stereocenters. The quantitative estimate of drug-likeness (QED) is 0.492. The van der Waals surface area contributed by atoms with Gasteiger partial charge < -0.3 is 5.11 Å². The molecule has 0 atom stereocenters. The first-order valence-electron chi connectivity index (χ1n) is 8.94. The van der Waals surface area contributed by atoms with Crippen LogP contribution in [0.5, 0.6) is 5.88 Å². The molecule has 0 saturated heterocycles. The molecule has 0 aliphatic carbocycles. The first-order valence-corrected chi connectivity index (χ1v) is 9.32. The summed E-state index contributed by atoms with van der Waals surface area (Å²) in [5, 5.41) is 10.9. The Balaban J connectivity index is 1.98. The molecule has 0 aliphatic rings. The zero-order chi connectivity index (χ0) is 21.1. The topological polar surface area (TPSA) is 92.2 Å². The zero-order valence-electron chi connectivity index (χ0n) is 15.8. The van der Waals surface area contributed by atoms with E-state index in [1.54, 1.807) is 6.08 Å². The zero-order valence-corrected chi connectivity index (χ0v) is 16.6. The van der Waals surface area contributed by atoms with Crippen molar-refractivity contribution in [3.8, 4) is 11.6 Å². The monoisotopic (exact) mass is 410 g/mol. The number of carbonyl (C=O) groups is 1. The molecule has 0 amide bonds. The summed E-state index contributed by atoms with van der Waals surface area (Å²) in [5.74, 6) is -1.07. The lowest BCUT2D eigenvalue weighted by atomic mass is 10.0. The fourth-order valence-electron chi connectivity index (χ4n) is 2.82. The summed E-state index contributed by atoms with van der Waals surface area (Å²) in [5.41, 5.74) is -0.144. The standard InChI is InChI=1S/C22H19ClN2O4/c1-13(2)15-6-3-14(4-7-15)5-12-18(26)19-20(27)24-22(29)25(21(19)28)17-10-8-16(23)9-11-17/h3-13,28H,1-2H3,(H,24,27,29). The lowest BCUT2D eigenvalue weighted by Gasteiger charge is -2.10. The van der Waals surface area contributed by atoms with Gasteiger partial charge in [-0.05, 0) is 47.4 Å². The number of aromatic hydroxyl groups is 1. The number of H-pyrrole nitrogens is 1. The summed E-state index contributed by atoms with van der Waals surface area (Å²) >= 11 is 5.84. The fourth-order valence-corrected chi connectivity index (χ4v) is 2.95. The molecule has 3 rings (SSSR count). The Labute approximate surface area is 171 Å². The van der Waals surface area contributed by atoms with Gasteiger partial charge in [0.25, 0.3) is 5.56 Å². The third-order valence-corrected chi connectivity index (χ3v) is 4.70. The summed E-state index contributed by atoms with van der Waals surface area (Å²) in [6, 6.07) is 13.7. The minimum atomic E-state index is -0.956. The van der Waals surface area contributed by atoms with Crippen molar-refractivity contribution in [2.24, 2.45) is 0 Å². The largest absolute Gasteiger partial charge is 0.493 e. The molecule has 0 radical (unpaired) electrons. The van der Waals surface area contributed by atoms with Gasteiger partial charge in [-0.3, -0.25) is 14.6 Å². The maximum absolute atomic E-state index is 12.6. The molecule has 29 heavy (non-hydrogen) atoms. The van der Waals surface area contributed by atoms with Crippen LogP contribution in [0.3, 0.4) is 0 Å². The number of aromatic nitrogens is 2. The van der Waals surface area contributed by atoms with E-state index < -0.39 is 28.5 Å². The fraction of sp³-hybridized carbons (Fsp3) is 0.136. The van der Waals surface area contributed by atoms with Crippen molar-refractivity contribution in [2.45, 2.75) is 19.8 Å². The lowest BCUT2D eigenvalue weighted by Crippen LogP contribution is -2.32. The Kier molecular flexibility index (Phi) is 5.84. The Bertz CT molecular complexity index is 1190. The van der Waals surface area contributed by atoms with Crippen molar-refractivity contribution < 1.29 is 9.90 Å². The van der Waals surface area contributed by atoms with Crippen molar-refractivity contribution in [1.82, 2.24) is 9.55 Å². The highest BCUT2D eigenvalue weighted by Crippen LogP contribution is 2.20. The maximum atomic E-state index is 12.6. The van der Waals surface area contributed by atoms with E-state index in [2.05, 4.69) is 18.8 Å². The van der Waals surface area contributed by atoms with E-state index >= 15 is 0 Å². The number of nitrogens with one attached hydrogen (secondary N) is 1. The third-order valence-electron chi connectivity index (χ3n) is 4.45. The molecule has 148 valence electrons. The normalized spacial score (nSPS) is 11.3. The number of hydrogen-bond donors (Lipinski definition) is 2. The third kappa shape index (κ3) is 4.38. The lowest BCUT2D eigenvalue weighted by molar-refractivity contribution is 0.104. The minimum absolute atomic E-state index is 0.260. The molecule has 0 aliphatic heterocycles. The molecule has 2 aromatic carbocycles. The minimum Gasteiger partial charge on any atom is -0.493 e. The second-order valence-electron chi connectivity index (χ2n) is 6.79. The van der Waals surface area contributed by atoms with Crippen molar-refractivity contribution >= 4 is 23.5 Å². The number of aromatic amines is 1. The average molecular weight is 411 g/mol. The Hall–Kier alpha value is -3.38. The summed E-state index contributed by atoms with van der Waals surface area (Å²) in [7, 11) is 0. The van der Waals surface area contributed by atoms with Gasteiger partial charge in [-0.15, -0.1) is 0 Å². The van der Waals surface area contributed by atoms with E-state index in [1.807, 2.05) is 24.3 Å². The Morgan fingerprint density at radius 3 is 2.28 bits per heavy atom. The summed E-state index contributed by atoms with van der Waals surface area (Å²) in [6.07, 6.45) is 2.73.